The predicted octanol–water partition coefficient (Wildman–Crippen LogP) is -1.98. The lowest BCUT2D eigenvalue weighted by molar-refractivity contribution is -0.346. The van der Waals surface area contributed by atoms with E-state index in [0.717, 1.165) is 0 Å². The quantitative estimate of drug-likeness (QED) is 0.360. The first-order chi connectivity index (χ1) is 11.8. The monoisotopic (exact) mass is 360 g/mol. The van der Waals surface area contributed by atoms with Crippen LogP contribution < -0.4 is 0 Å². The van der Waals surface area contributed by atoms with Gasteiger partial charge in [0.2, 0.25) is 6.29 Å². The summed E-state index contributed by atoms with van der Waals surface area (Å²) in [6.07, 6.45) is -5.14. The number of aldehydes is 1. The van der Waals surface area contributed by atoms with Gasteiger partial charge in [0, 0.05) is 11.5 Å². The summed E-state index contributed by atoms with van der Waals surface area (Å²) in [6, 6.07) is 0. The van der Waals surface area contributed by atoms with Crippen molar-refractivity contribution < 1.29 is 44.5 Å². The third-order valence-corrected chi connectivity index (χ3v) is 5.43. The van der Waals surface area contributed by atoms with Crippen LogP contribution in [0.2, 0.25) is 0 Å². The molecule has 3 rings (SSSR count). The van der Waals surface area contributed by atoms with Crippen molar-refractivity contribution in [1.82, 2.24) is 0 Å². The first-order valence-electron chi connectivity index (χ1n) is 8.29. The highest BCUT2D eigenvalue weighted by molar-refractivity contribution is 5.74. The minimum absolute atomic E-state index is 0.254. The summed E-state index contributed by atoms with van der Waals surface area (Å²) in [6.45, 7) is 1.05. The van der Waals surface area contributed by atoms with Crippen LogP contribution in [-0.4, -0.2) is 81.0 Å². The maximum absolute atomic E-state index is 11.2. The van der Waals surface area contributed by atoms with Crippen LogP contribution >= 0.6 is 0 Å². The van der Waals surface area contributed by atoms with Crippen molar-refractivity contribution in [3.05, 3.63) is 11.8 Å². The van der Waals surface area contributed by atoms with Gasteiger partial charge in [-0.15, -0.1) is 0 Å². The van der Waals surface area contributed by atoms with Crippen molar-refractivity contribution in [2.45, 2.75) is 62.4 Å². The van der Waals surface area contributed by atoms with Gasteiger partial charge in [0.25, 0.3) is 0 Å². The molecular formula is C16H24O9. The molecule has 3 aliphatic rings. The Kier molecular flexibility index (Phi) is 5.18. The number of rotatable bonds is 4. The van der Waals surface area contributed by atoms with E-state index in [1.807, 2.05) is 0 Å². The maximum Gasteiger partial charge on any atom is 0.207 e. The van der Waals surface area contributed by atoms with E-state index in [0.29, 0.717) is 24.7 Å². The number of fused-ring (bicyclic) bond motifs is 1. The Morgan fingerprint density at radius 3 is 2.64 bits per heavy atom. The normalized spacial score (nSPS) is 49.9. The van der Waals surface area contributed by atoms with Gasteiger partial charge in [-0.25, -0.2) is 0 Å². The Morgan fingerprint density at radius 1 is 1.28 bits per heavy atom. The second kappa shape index (κ2) is 6.92. The number of ether oxygens (including phenoxy) is 3. The van der Waals surface area contributed by atoms with Gasteiger partial charge in [-0.05, 0) is 19.8 Å². The molecule has 9 atom stereocenters. The van der Waals surface area contributed by atoms with Gasteiger partial charge in [-0.2, -0.15) is 0 Å². The maximum atomic E-state index is 11.2. The third kappa shape index (κ3) is 3.21. The van der Waals surface area contributed by atoms with E-state index >= 15 is 0 Å². The largest absolute Gasteiger partial charge is 0.472 e. The topological polar surface area (TPSA) is 146 Å². The molecule has 9 nitrogen and oxygen atoms in total. The zero-order valence-corrected chi connectivity index (χ0v) is 13.8. The Hall–Kier alpha value is -1.07. The van der Waals surface area contributed by atoms with Crippen molar-refractivity contribution in [3.8, 4) is 0 Å². The molecule has 25 heavy (non-hydrogen) atoms. The fourth-order valence-electron chi connectivity index (χ4n) is 3.95. The van der Waals surface area contributed by atoms with Gasteiger partial charge in [0.1, 0.15) is 30.7 Å². The smallest absolute Gasteiger partial charge is 0.207 e. The standard InChI is InChI=1S/C16H24O9/c1-16(22)3-2-8-7(4-17)6-23-14(10(8)16)25-15-13(21)12(20)11(19)9(5-18)24-15/h4,6,8-15,18-22H,2-3,5H2,1H3/t8?,9-,10?,11-,12+,13-,14+,15+,16+/m1/s1. The van der Waals surface area contributed by atoms with Crippen LogP contribution in [-0.2, 0) is 19.0 Å². The van der Waals surface area contributed by atoms with Crippen LogP contribution in [0.1, 0.15) is 19.8 Å². The lowest BCUT2D eigenvalue weighted by atomic mass is 9.81. The molecule has 2 fully saturated rings. The van der Waals surface area contributed by atoms with E-state index in [1.165, 1.54) is 6.26 Å². The fourth-order valence-corrected chi connectivity index (χ4v) is 3.95. The molecule has 0 amide bonds. The van der Waals surface area contributed by atoms with Gasteiger partial charge in [0.05, 0.1) is 24.4 Å². The van der Waals surface area contributed by atoms with Gasteiger partial charge in [-0.3, -0.25) is 4.79 Å². The average Bonchev–Trinajstić information content (AvgIpc) is 2.92. The molecule has 142 valence electrons. The molecule has 0 aromatic rings. The third-order valence-electron chi connectivity index (χ3n) is 5.43. The summed E-state index contributed by atoms with van der Waals surface area (Å²) in [7, 11) is 0. The van der Waals surface area contributed by atoms with Gasteiger partial charge in [0.15, 0.2) is 6.29 Å². The Balaban J connectivity index is 1.79. The first-order valence-corrected chi connectivity index (χ1v) is 8.29. The van der Waals surface area contributed by atoms with Crippen molar-refractivity contribution in [2.24, 2.45) is 11.8 Å². The molecule has 0 aromatic carbocycles. The molecule has 1 saturated carbocycles. The minimum atomic E-state index is -1.57. The molecule has 1 saturated heterocycles. The number of hydrogen-bond donors (Lipinski definition) is 5. The van der Waals surface area contributed by atoms with Crippen LogP contribution in [0.15, 0.2) is 11.8 Å². The van der Waals surface area contributed by atoms with Crippen molar-refractivity contribution >= 4 is 6.29 Å². The van der Waals surface area contributed by atoms with Crippen LogP contribution in [0.5, 0.6) is 0 Å². The number of carbonyl (C=O) groups is 1. The fraction of sp³-hybridized carbons (Fsp3) is 0.812. The van der Waals surface area contributed by atoms with Crippen molar-refractivity contribution in [3.63, 3.8) is 0 Å². The van der Waals surface area contributed by atoms with Gasteiger partial charge in [-0.1, -0.05) is 0 Å². The van der Waals surface area contributed by atoms with E-state index in [4.69, 9.17) is 14.2 Å². The highest BCUT2D eigenvalue weighted by atomic mass is 16.8. The Morgan fingerprint density at radius 2 is 2.00 bits per heavy atom. The van der Waals surface area contributed by atoms with E-state index in [9.17, 15) is 30.3 Å². The van der Waals surface area contributed by atoms with Crippen molar-refractivity contribution in [2.75, 3.05) is 6.61 Å². The molecule has 0 aromatic heterocycles. The molecule has 2 unspecified atom stereocenters. The highest BCUT2D eigenvalue weighted by Crippen LogP contribution is 2.48. The summed E-state index contributed by atoms with van der Waals surface area (Å²) in [5.74, 6) is -0.818. The summed E-state index contributed by atoms with van der Waals surface area (Å²) in [4.78, 5) is 11.2. The summed E-state index contributed by atoms with van der Waals surface area (Å²) >= 11 is 0. The molecule has 0 radical (unpaired) electrons. The zero-order chi connectivity index (χ0) is 18.4. The molecule has 0 spiro atoms. The molecule has 2 heterocycles. The van der Waals surface area contributed by atoms with E-state index < -0.39 is 55.1 Å². The molecule has 0 bridgehead atoms. The summed E-state index contributed by atoms with van der Waals surface area (Å²) in [5, 5.41) is 49.6. The Labute approximate surface area is 144 Å². The SMILES string of the molecule is C[C@]1(O)CCC2C(C=O)=CO[C@@H](O[C@@H]3O[C@H](CO)[C@@H](O)[C@H](O)[C@H]3O)C21. The molecular weight excluding hydrogens is 336 g/mol. The van der Waals surface area contributed by atoms with E-state index in [2.05, 4.69) is 0 Å². The zero-order valence-electron chi connectivity index (χ0n) is 13.8. The first kappa shape index (κ1) is 18.7. The van der Waals surface area contributed by atoms with Gasteiger partial charge >= 0.3 is 0 Å². The number of hydrogen-bond acceptors (Lipinski definition) is 9. The second-order valence-corrected chi connectivity index (χ2v) is 7.10. The molecule has 1 aliphatic carbocycles. The second-order valence-electron chi connectivity index (χ2n) is 7.10. The van der Waals surface area contributed by atoms with Crippen LogP contribution in [0.4, 0.5) is 0 Å². The minimum Gasteiger partial charge on any atom is -0.472 e. The summed E-state index contributed by atoms with van der Waals surface area (Å²) < 4.78 is 16.4. The highest BCUT2D eigenvalue weighted by Gasteiger charge is 2.54. The van der Waals surface area contributed by atoms with Crippen LogP contribution in [0.25, 0.3) is 0 Å². The average molecular weight is 360 g/mol. The van der Waals surface area contributed by atoms with Crippen LogP contribution in [0.3, 0.4) is 0 Å². The number of aliphatic hydroxyl groups excluding tert-OH is 4. The molecule has 9 heteroatoms. The predicted molar refractivity (Wildman–Crippen MR) is 80.7 cm³/mol. The van der Waals surface area contributed by atoms with Crippen LogP contribution in [0, 0.1) is 11.8 Å². The van der Waals surface area contributed by atoms with E-state index in [-0.39, 0.29) is 5.92 Å². The molecule has 5 N–H and O–H groups in total. The van der Waals surface area contributed by atoms with Gasteiger partial charge < -0.3 is 39.7 Å². The number of allylic oxidation sites excluding steroid dienone is 1. The van der Waals surface area contributed by atoms with E-state index in [1.54, 1.807) is 6.92 Å². The number of aliphatic hydroxyl groups is 5. The summed E-state index contributed by atoms with van der Waals surface area (Å²) in [5.41, 5.74) is -0.720. The Bertz CT molecular complexity index is 532. The lowest BCUT2D eigenvalue weighted by Crippen LogP contribution is -2.60. The van der Waals surface area contributed by atoms with Crippen molar-refractivity contribution in [1.29, 1.82) is 0 Å². The molecule has 2 aliphatic heterocycles. The lowest BCUT2D eigenvalue weighted by Gasteiger charge is -2.44. The number of carbonyl (C=O) groups excluding carboxylic acids is 1.